The van der Waals surface area contributed by atoms with Crippen molar-refractivity contribution in [2.45, 2.75) is 12.1 Å². The Morgan fingerprint density at radius 3 is 2.67 bits per heavy atom. The van der Waals surface area contributed by atoms with Crippen LogP contribution in [0.3, 0.4) is 0 Å². The Balaban J connectivity index is 1.64. The third-order valence-corrected chi connectivity index (χ3v) is 4.56. The highest BCUT2D eigenvalue weighted by atomic mass is 32.2. The molecule has 2 aromatic carbocycles. The molecule has 0 unspecified atom stereocenters. The molecule has 27 heavy (non-hydrogen) atoms. The molecule has 0 saturated heterocycles. The molecule has 0 aliphatic heterocycles. The van der Waals surface area contributed by atoms with Crippen LogP contribution in [-0.4, -0.2) is 44.8 Å². The summed E-state index contributed by atoms with van der Waals surface area (Å²) in [6, 6.07) is 14.1. The van der Waals surface area contributed by atoms with Crippen LogP contribution in [0.1, 0.15) is 17.3 Å². The number of nitrogens with one attached hydrogen (secondary N) is 1. The van der Waals surface area contributed by atoms with E-state index < -0.39 is 0 Å². The van der Waals surface area contributed by atoms with Crippen molar-refractivity contribution in [3.8, 4) is 11.4 Å². The second-order valence-electron chi connectivity index (χ2n) is 5.55. The van der Waals surface area contributed by atoms with Gasteiger partial charge in [0.25, 0.3) is 0 Å². The van der Waals surface area contributed by atoms with Crippen molar-refractivity contribution in [3.63, 3.8) is 0 Å². The van der Waals surface area contributed by atoms with E-state index in [1.807, 2.05) is 0 Å². The quantitative estimate of drug-likeness (QED) is 0.494. The van der Waals surface area contributed by atoms with Gasteiger partial charge in [-0.25, -0.2) is 0 Å². The van der Waals surface area contributed by atoms with E-state index >= 15 is 0 Å². The Hall–Kier alpha value is -3.20. The lowest BCUT2D eigenvalue weighted by atomic mass is 10.1. The number of tetrazole rings is 1. The predicted octanol–water partition coefficient (Wildman–Crippen LogP) is 2.60. The fraction of sp³-hybridized carbons (Fsp3) is 0.167. The van der Waals surface area contributed by atoms with E-state index in [0.717, 1.165) is 0 Å². The first kappa shape index (κ1) is 18.6. The number of amides is 1. The number of methoxy groups -OCH3 is 1. The summed E-state index contributed by atoms with van der Waals surface area (Å²) in [6.07, 6.45) is 0. The largest absolute Gasteiger partial charge is 0.497 e. The minimum Gasteiger partial charge on any atom is -0.497 e. The number of anilines is 1. The molecule has 0 aliphatic rings. The van der Waals surface area contributed by atoms with E-state index in [9.17, 15) is 9.59 Å². The number of benzene rings is 2. The number of hydrogen-bond acceptors (Lipinski definition) is 7. The number of Topliss-reactive ketones (excluding diaryl/α,β-unsaturated/α-hetero) is 1. The molecule has 1 aromatic heterocycles. The van der Waals surface area contributed by atoms with E-state index in [1.54, 1.807) is 55.6 Å². The van der Waals surface area contributed by atoms with Crippen LogP contribution in [0.5, 0.6) is 5.75 Å². The molecule has 3 aromatic rings. The lowest BCUT2D eigenvalue weighted by molar-refractivity contribution is -0.113. The van der Waals surface area contributed by atoms with Crippen molar-refractivity contribution < 1.29 is 14.3 Å². The van der Waals surface area contributed by atoms with Crippen molar-refractivity contribution in [2.75, 3.05) is 18.2 Å². The number of ether oxygens (including phenoxy) is 1. The normalized spacial score (nSPS) is 10.4. The third kappa shape index (κ3) is 4.70. The summed E-state index contributed by atoms with van der Waals surface area (Å²) in [4.78, 5) is 23.6. The molecule has 3 rings (SSSR count). The van der Waals surface area contributed by atoms with Gasteiger partial charge in [-0.05, 0) is 53.7 Å². The maximum absolute atomic E-state index is 12.2. The van der Waals surface area contributed by atoms with Crippen molar-refractivity contribution >= 4 is 29.1 Å². The van der Waals surface area contributed by atoms with Crippen LogP contribution in [0.25, 0.3) is 5.69 Å². The van der Waals surface area contributed by atoms with Gasteiger partial charge in [0.05, 0.1) is 18.6 Å². The number of aromatic nitrogens is 4. The fourth-order valence-corrected chi connectivity index (χ4v) is 2.99. The Kier molecular flexibility index (Phi) is 5.82. The maximum Gasteiger partial charge on any atom is 0.234 e. The maximum atomic E-state index is 12.2. The monoisotopic (exact) mass is 383 g/mol. The number of thioether (sulfide) groups is 1. The van der Waals surface area contributed by atoms with Crippen LogP contribution in [0, 0.1) is 0 Å². The van der Waals surface area contributed by atoms with Gasteiger partial charge in [-0.2, -0.15) is 4.68 Å². The van der Waals surface area contributed by atoms with Gasteiger partial charge in [0.1, 0.15) is 5.75 Å². The summed E-state index contributed by atoms with van der Waals surface area (Å²) < 4.78 is 6.66. The molecule has 1 N–H and O–H groups in total. The highest BCUT2D eigenvalue weighted by molar-refractivity contribution is 7.99. The molecule has 0 radical (unpaired) electrons. The average Bonchev–Trinajstić information content (AvgIpc) is 3.15. The van der Waals surface area contributed by atoms with Crippen LogP contribution in [0.4, 0.5) is 5.69 Å². The standard InChI is InChI=1S/C18H17N5O3S/c1-12(24)13-6-8-15(9-7-13)23-18(20-21-22-23)27-11-17(25)19-14-4-3-5-16(10-14)26-2/h3-10H,11H2,1-2H3,(H,19,25). The number of carbonyl (C=O) groups is 2. The summed E-state index contributed by atoms with van der Waals surface area (Å²) >= 11 is 1.21. The highest BCUT2D eigenvalue weighted by Crippen LogP contribution is 2.20. The van der Waals surface area contributed by atoms with E-state index in [-0.39, 0.29) is 17.4 Å². The minimum absolute atomic E-state index is 0.0120. The first-order chi connectivity index (χ1) is 13.1. The summed E-state index contributed by atoms with van der Waals surface area (Å²) in [5.74, 6) is 0.610. The van der Waals surface area contributed by atoms with Gasteiger partial charge in [-0.15, -0.1) is 5.10 Å². The molecule has 0 saturated carbocycles. The second kappa shape index (κ2) is 8.45. The number of hydrogen-bond donors (Lipinski definition) is 1. The van der Waals surface area contributed by atoms with Crippen molar-refractivity contribution in [1.29, 1.82) is 0 Å². The van der Waals surface area contributed by atoms with Gasteiger partial charge in [0, 0.05) is 17.3 Å². The Bertz CT molecular complexity index is 956. The van der Waals surface area contributed by atoms with Gasteiger partial charge >= 0.3 is 0 Å². The van der Waals surface area contributed by atoms with E-state index in [1.165, 1.54) is 23.4 Å². The van der Waals surface area contributed by atoms with Crippen LogP contribution in [0.2, 0.25) is 0 Å². The Labute approximate surface area is 159 Å². The summed E-state index contributed by atoms with van der Waals surface area (Å²) in [5, 5.41) is 14.9. The molecule has 0 fully saturated rings. The Morgan fingerprint density at radius 1 is 1.19 bits per heavy atom. The Morgan fingerprint density at radius 2 is 1.96 bits per heavy atom. The van der Waals surface area contributed by atoms with Crippen molar-refractivity contribution in [1.82, 2.24) is 20.2 Å². The van der Waals surface area contributed by atoms with Gasteiger partial charge in [-0.1, -0.05) is 17.8 Å². The third-order valence-electron chi connectivity index (χ3n) is 3.65. The lowest BCUT2D eigenvalue weighted by Gasteiger charge is -2.07. The van der Waals surface area contributed by atoms with E-state index in [0.29, 0.717) is 27.8 Å². The highest BCUT2D eigenvalue weighted by Gasteiger charge is 2.12. The molecule has 1 heterocycles. The molecule has 0 bridgehead atoms. The second-order valence-corrected chi connectivity index (χ2v) is 6.49. The van der Waals surface area contributed by atoms with Crippen molar-refractivity contribution in [3.05, 3.63) is 54.1 Å². The lowest BCUT2D eigenvalue weighted by Crippen LogP contribution is -2.14. The van der Waals surface area contributed by atoms with Crippen LogP contribution < -0.4 is 10.1 Å². The average molecular weight is 383 g/mol. The zero-order valence-electron chi connectivity index (χ0n) is 14.7. The summed E-state index contributed by atoms with van der Waals surface area (Å²) in [6.45, 7) is 1.51. The van der Waals surface area contributed by atoms with E-state index in [4.69, 9.17) is 4.74 Å². The molecular weight excluding hydrogens is 366 g/mol. The zero-order chi connectivity index (χ0) is 19.2. The van der Waals surface area contributed by atoms with Crippen LogP contribution >= 0.6 is 11.8 Å². The van der Waals surface area contributed by atoms with Crippen LogP contribution in [0.15, 0.2) is 53.7 Å². The fourth-order valence-electron chi connectivity index (χ4n) is 2.30. The number of carbonyl (C=O) groups excluding carboxylic acids is 2. The molecule has 0 atom stereocenters. The summed E-state index contributed by atoms with van der Waals surface area (Å²) in [5.41, 5.74) is 1.97. The van der Waals surface area contributed by atoms with Gasteiger partial charge in [-0.3, -0.25) is 9.59 Å². The van der Waals surface area contributed by atoms with Gasteiger partial charge < -0.3 is 10.1 Å². The van der Waals surface area contributed by atoms with Gasteiger partial charge in [0.2, 0.25) is 11.1 Å². The SMILES string of the molecule is COc1cccc(NC(=O)CSc2nnnn2-c2ccc(C(C)=O)cc2)c1. The topological polar surface area (TPSA) is 99.0 Å². The van der Waals surface area contributed by atoms with E-state index in [2.05, 4.69) is 20.8 Å². The number of ketones is 1. The van der Waals surface area contributed by atoms with Gasteiger partial charge in [0.15, 0.2) is 5.78 Å². The molecule has 9 heteroatoms. The predicted molar refractivity (Wildman–Crippen MR) is 102 cm³/mol. The molecule has 8 nitrogen and oxygen atoms in total. The number of rotatable bonds is 7. The smallest absolute Gasteiger partial charge is 0.234 e. The summed E-state index contributed by atoms with van der Waals surface area (Å²) in [7, 11) is 1.57. The molecule has 0 aliphatic carbocycles. The van der Waals surface area contributed by atoms with Crippen LogP contribution in [-0.2, 0) is 4.79 Å². The molecule has 0 spiro atoms. The molecular formula is C18H17N5O3S. The molecule has 138 valence electrons. The first-order valence-electron chi connectivity index (χ1n) is 8.03. The minimum atomic E-state index is -0.185. The zero-order valence-corrected chi connectivity index (χ0v) is 15.6. The first-order valence-corrected chi connectivity index (χ1v) is 9.02. The van der Waals surface area contributed by atoms with Crippen molar-refractivity contribution in [2.24, 2.45) is 0 Å². The number of nitrogens with zero attached hydrogens (tertiary/aromatic N) is 4. The molecule has 1 amide bonds.